The Bertz CT molecular complexity index is 1010. The van der Waals surface area contributed by atoms with E-state index >= 15 is 0 Å². The highest BCUT2D eigenvalue weighted by Gasteiger charge is 2.28. The van der Waals surface area contributed by atoms with Gasteiger partial charge in [-0.15, -0.1) is 0 Å². The quantitative estimate of drug-likeness (QED) is 0.502. The first-order valence-corrected chi connectivity index (χ1v) is 11.3. The van der Waals surface area contributed by atoms with E-state index in [2.05, 4.69) is 27.4 Å². The number of halogens is 1. The summed E-state index contributed by atoms with van der Waals surface area (Å²) < 4.78 is 14.8. The fourth-order valence-corrected chi connectivity index (χ4v) is 4.24. The first-order chi connectivity index (χ1) is 15.2. The summed E-state index contributed by atoms with van der Waals surface area (Å²) in [6.45, 7) is 13.1. The number of amides is 1. The predicted octanol–water partition coefficient (Wildman–Crippen LogP) is 6.28. The molecule has 1 amide bonds. The number of aryl methyl sites for hydroxylation is 1. The third-order valence-electron chi connectivity index (χ3n) is 6.27. The van der Waals surface area contributed by atoms with Gasteiger partial charge in [0.15, 0.2) is 5.69 Å². The highest BCUT2D eigenvalue weighted by molar-refractivity contribution is 5.99. The van der Waals surface area contributed by atoms with Crippen molar-refractivity contribution < 1.29 is 9.18 Å². The van der Waals surface area contributed by atoms with E-state index in [1.54, 1.807) is 38.1 Å². The zero-order valence-electron chi connectivity index (χ0n) is 19.5. The number of nitrogens with zero attached hydrogens (tertiary/aromatic N) is 2. The van der Waals surface area contributed by atoms with Gasteiger partial charge in [0, 0.05) is 29.5 Å². The predicted molar refractivity (Wildman–Crippen MR) is 129 cm³/mol. The van der Waals surface area contributed by atoms with Gasteiger partial charge in [-0.2, -0.15) is 0 Å². The summed E-state index contributed by atoms with van der Waals surface area (Å²) in [6, 6.07) is 10.8. The van der Waals surface area contributed by atoms with Gasteiger partial charge in [-0.25, -0.2) is 9.24 Å². The van der Waals surface area contributed by atoms with Crippen molar-refractivity contribution in [1.82, 2.24) is 4.90 Å². The summed E-state index contributed by atoms with van der Waals surface area (Å²) in [5.74, 6) is -0.506. The lowest BCUT2D eigenvalue weighted by Gasteiger charge is -2.31. The third-order valence-corrected chi connectivity index (χ3v) is 6.27. The molecule has 3 rings (SSSR count). The molecule has 0 atom stereocenters. The molecule has 1 saturated carbocycles. The molecule has 0 spiro atoms. The van der Waals surface area contributed by atoms with Crippen molar-refractivity contribution in [3.63, 3.8) is 0 Å². The van der Waals surface area contributed by atoms with Crippen LogP contribution < -0.4 is 10.6 Å². The number of rotatable bonds is 7. The topological polar surface area (TPSA) is 48.7 Å². The van der Waals surface area contributed by atoms with Crippen molar-refractivity contribution in [3.8, 4) is 0 Å². The van der Waals surface area contributed by atoms with Crippen molar-refractivity contribution in [1.29, 1.82) is 0 Å². The fourth-order valence-electron chi connectivity index (χ4n) is 4.24. The first-order valence-electron chi connectivity index (χ1n) is 11.3. The van der Waals surface area contributed by atoms with Crippen LogP contribution in [-0.2, 0) is 11.3 Å². The van der Waals surface area contributed by atoms with Crippen molar-refractivity contribution in [2.45, 2.75) is 71.0 Å². The third kappa shape index (κ3) is 5.86. The second-order valence-corrected chi connectivity index (χ2v) is 9.33. The molecule has 1 fully saturated rings. The molecule has 2 N–H and O–H groups in total. The minimum atomic E-state index is -0.959. The molecule has 6 heteroatoms. The maximum absolute atomic E-state index is 14.8. The maximum atomic E-state index is 14.8. The highest BCUT2D eigenvalue weighted by Crippen LogP contribution is 2.26. The van der Waals surface area contributed by atoms with Gasteiger partial charge in [0.25, 0.3) is 0 Å². The smallest absolute Gasteiger partial charge is 0.249 e. The van der Waals surface area contributed by atoms with Crippen LogP contribution >= 0.6 is 0 Å². The van der Waals surface area contributed by atoms with Crippen molar-refractivity contribution in [3.05, 3.63) is 64.8 Å². The molecule has 0 heterocycles. The Morgan fingerprint density at radius 2 is 1.84 bits per heavy atom. The van der Waals surface area contributed by atoms with E-state index < -0.39 is 5.54 Å². The Morgan fingerprint density at radius 1 is 1.16 bits per heavy atom. The molecule has 5 nitrogen and oxygen atoms in total. The van der Waals surface area contributed by atoms with Gasteiger partial charge in [-0.3, -0.25) is 9.69 Å². The number of anilines is 2. The lowest BCUT2D eigenvalue weighted by molar-refractivity contribution is -0.119. The minimum Gasteiger partial charge on any atom is -0.372 e. The van der Waals surface area contributed by atoms with E-state index in [-0.39, 0.29) is 11.7 Å². The number of hydrogen-bond donors (Lipinski definition) is 2. The first kappa shape index (κ1) is 23.7. The van der Waals surface area contributed by atoms with Crippen molar-refractivity contribution in [2.24, 2.45) is 0 Å². The van der Waals surface area contributed by atoms with Gasteiger partial charge in [0.2, 0.25) is 5.91 Å². The second kappa shape index (κ2) is 10.1. The van der Waals surface area contributed by atoms with Gasteiger partial charge in [0.05, 0.1) is 6.57 Å². The van der Waals surface area contributed by atoms with Crippen LogP contribution in [-0.4, -0.2) is 29.4 Å². The van der Waals surface area contributed by atoms with Gasteiger partial charge in [-0.05, 0) is 70.5 Å². The van der Waals surface area contributed by atoms with E-state index in [0.717, 1.165) is 5.56 Å². The zero-order valence-corrected chi connectivity index (χ0v) is 19.5. The second-order valence-electron chi connectivity index (χ2n) is 9.33. The number of benzene rings is 2. The van der Waals surface area contributed by atoms with Crippen LogP contribution in [0.25, 0.3) is 4.85 Å². The average molecular weight is 437 g/mol. The van der Waals surface area contributed by atoms with Crippen LogP contribution in [0.15, 0.2) is 36.4 Å². The molecule has 170 valence electrons. The number of hydrogen-bond acceptors (Lipinski definition) is 3. The molecule has 0 bridgehead atoms. The van der Waals surface area contributed by atoms with E-state index in [4.69, 9.17) is 6.57 Å². The summed E-state index contributed by atoms with van der Waals surface area (Å²) in [5, 5.41) is 6.02. The van der Waals surface area contributed by atoms with Gasteiger partial charge < -0.3 is 10.6 Å². The minimum absolute atomic E-state index is 0.242. The van der Waals surface area contributed by atoms with Crippen LogP contribution in [0.3, 0.4) is 0 Å². The lowest BCUT2D eigenvalue weighted by atomic mass is 9.94. The Kier molecular flexibility index (Phi) is 7.52. The molecule has 2 aromatic rings. The van der Waals surface area contributed by atoms with Crippen LogP contribution in [0.2, 0.25) is 0 Å². The van der Waals surface area contributed by atoms with Crippen LogP contribution in [0.1, 0.15) is 57.1 Å². The standard InChI is InChI=1S/C26H33FN4O/c1-18-15-20(13-14-24(18)28-4)29-25(32)26(2,3)30-21-12-11-19(23(27)16-21)17-31(5)22-9-7-6-8-10-22/h11-16,22,30H,6-10,17H2,1-3,5H3,(H,29,32). The molecule has 1 aliphatic carbocycles. The summed E-state index contributed by atoms with van der Waals surface area (Å²) in [5.41, 5.74) is 2.26. The van der Waals surface area contributed by atoms with E-state index in [1.807, 2.05) is 13.0 Å². The van der Waals surface area contributed by atoms with Crippen molar-refractivity contribution in [2.75, 3.05) is 17.7 Å². The van der Waals surface area contributed by atoms with Gasteiger partial charge >= 0.3 is 0 Å². The molecule has 0 aromatic heterocycles. The number of carbonyl (C=O) groups is 1. The summed E-state index contributed by atoms with van der Waals surface area (Å²) >= 11 is 0. The SMILES string of the molecule is [C-]#[N+]c1ccc(NC(=O)C(C)(C)Nc2ccc(CN(C)C3CCCCC3)c(F)c2)cc1C. The van der Waals surface area contributed by atoms with E-state index in [9.17, 15) is 9.18 Å². The molecule has 0 saturated heterocycles. The molecule has 0 unspecified atom stereocenters. The molecular formula is C26H33FN4O. The average Bonchev–Trinajstić information content (AvgIpc) is 2.76. The Morgan fingerprint density at radius 3 is 2.47 bits per heavy atom. The Balaban J connectivity index is 1.63. The fraction of sp³-hybridized carbons (Fsp3) is 0.462. The molecule has 1 aliphatic rings. The van der Waals surface area contributed by atoms with E-state index in [0.29, 0.717) is 35.2 Å². The van der Waals surface area contributed by atoms with Crippen LogP contribution in [0.5, 0.6) is 0 Å². The van der Waals surface area contributed by atoms with Gasteiger partial charge in [0.1, 0.15) is 11.4 Å². The number of carbonyl (C=O) groups excluding carboxylic acids is 1. The van der Waals surface area contributed by atoms with Crippen LogP contribution in [0, 0.1) is 19.3 Å². The zero-order chi connectivity index (χ0) is 23.3. The molecule has 2 aromatic carbocycles. The lowest BCUT2D eigenvalue weighted by Crippen LogP contribution is -2.44. The Hall–Kier alpha value is -2.91. The van der Waals surface area contributed by atoms with Crippen LogP contribution in [0.4, 0.5) is 21.5 Å². The summed E-state index contributed by atoms with van der Waals surface area (Å²) in [7, 11) is 2.07. The molecule has 0 aliphatic heterocycles. The summed E-state index contributed by atoms with van der Waals surface area (Å²) in [6.07, 6.45) is 6.16. The maximum Gasteiger partial charge on any atom is 0.249 e. The molecule has 0 radical (unpaired) electrons. The number of nitrogens with one attached hydrogen (secondary N) is 2. The summed E-state index contributed by atoms with van der Waals surface area (Å²) in [4.78, 5) is 18.5. The highest BCUT2D eigenvalue weighted by atomic mass is 19.1. The van der Waals surface area contributed by atoms with Gasteiger partial charge in [-0.1, -0.05) is 31.4 Å². The monoisotopic (exact) mass is 436 g/mol. The molecule has 32 heavy (non-hydrogen) atoms. The van der Waals surface area contributed by atoms with E-state index in [1.165, 1.54) is 38.2 Å². The Labute approximate surface area is 190 Å². The normalized spacial score (nSPS) is 14.8. The largest absolute Gasteiger partial charge is 0.372 e. The molecular weight excluding hydrogens is 403 g/mol. The van der Waals surface area contributed by atoms with Crippen molar-refractivity contribution >= 4 is 23.0 Å².